The van der Waals surface area contributed by atoms with Crippen molar-refractivity contribution in [3.63, 3.8) is 0 Å². The summed E-state index contributed by atoms with van der Waals surface area (Å²) in [5.74, 6) is 0.113. The fourth-order valence-corrected chi connectivity index (χ4v) is 2.84. The van der Waals surface area contributed by atoms with Crippen molar-refractivity contribution in [2.75, 3.05) is 11.9 Å². The van der Waals surface area contributed by atoms with Gasteiger partial charge in [-0.15, -0.1) is 10.2 Å². The summed E-state index contributed by atoms with van der Waals surface area (Å²) in [7, 11) is 0. The minimum Gasteiger partial charge on any atom is -0.467 e. The van der Waals surface area contributed by atoms with Gasteiger partial charge in [0.1, 0.15) is 10.8 Å². The van der Waals surface area contributed by atoms with Crippen LogP contribution in [0, 0.1) is 12.8 Å². The molecule has 3 rings (SSSR count). The van der Waals surface area contributed by atoms with Crippen LogP contribution in [-0.4, -0.2) is 33.5 Å². The number of carbonyl (C=O) groups excluding carboxylic acids is 2. The minimum atomic E-state index is -0.364. The van der Waals surface area contributed by atoms with Gasteiger partial charge in [0.25, 0.3) is 0 Å². The molecule has 1 saturated heterocycles. The van der Waals surface area contributed by atoms with Crippen LogP contribution in [-0.2, 0) is 16.1 Å². The number of carbonyl (C=O) groups is 2. The molecule has 0 aromatic carbocycles. The summed E-state index contributed by atoms with van der Waals surface area (Å²) in [5.41, 5.74) is 0. The highest BCUT2D eigenvalue weighted by Crippen LogP contribution is 2.23. The SMILES string of the molecule is Cc1nnc(NC(=O)C2CC(=O)N(Cc3ccco3)C2)s1. The molecule has 2 aromatic heterocycles. The summed E-state index contributed by atoms with van der Waals surface area (Å²) < 4.78 is 5.23. The first kappa shape index (κ1) is 13.7. The van der Waals surface area contributed by atoms with Gasteiger partial charge < -0.3 is 14.6 Å². The summed E-state index contributed by atoms with van der Waals surface area (Å²) in [4.78, 5) is 25.7. The predicted molar refractivity (Wildman–Crippen MR) is 75.5 cm³/mol. The number of hydrogen-bond acceptors (Lipinski definition) is 6. The molecular formula is C13H14N4O3S. The fraction of sp³-hybridized carbons (Fsp3) is 0.385. The topological polar surface area (TPSA) is 88.3 Å². The molecule has 0 bridgehead atoms. The number of furan rings is 1. The molecule has 110 valence electrons. The average molecular weight is 306 g/mol. The Balaban J connectivity index is 1.59. The number of rotatable bonds is 4. The van der Waals surface area contributed by atoms with Gasteiger partial charge in [-0.2, -0.15) is 0 Å². The molecule has 8 heteroatoms. The quantitative estimate of drug-likeness (QED) is 0.923. The first-order valence-electron chi connectivity index (χ1n) is 6.53. The molecule has 7 nitrogen and oxygen atoms in total. The predicted octanol–water partition coefficient (Wildman–Crippen LogP) is 1.43. The lowest BCUT2D eigenvalue weighted by Crippen LogP contribution is -2.27. The largest absolute Gasteiger partial charge is 0.467 e. The number of aromatic nitrogens is 2. The number of anilines is 1. The molecule has 21 heavy (non-hydrogen) atoms. The molecule has 0 aliphatic carbocycles. The number of nitrogens with one attached hydrogen (secondary N) is 1. The van der Waals surface area contributed by atoms with Crippen LogP contribution >= 0.6 is 11.3 Å². The number of hydrogen-bond donors (Lipinski definition) is 1. The van der Waals surface area contributed by atoms with Gasteiger partial charge in [0, 0.05) is 13.0 Å². The third-order valence-corrected chi connectivity index (χ3v) is 4.02. The lowest BCUT2D eigenvalue weighted by atomic mass is 10.1. The van der Waals surface area contributed by atoms with E-state index in [2.05, 4.69) is 15.5 Å². The highest BCUT2D eigenvalue weighted by atomic mass is 32.1. The molecule has 0 radical (unpaired) electrons. The Morgan fingerprint density at radius 1 is 1.57 bits per heavy atom. The second kappa shape index (κ2) is 5.65. The summed E-state index contributed by atoms with van der Waals surface area (Å²) in [6.07, 6.45) is 1.78. The maximum Gasteiger partial charge on any atom is 0.231 e. The Bertz CT molecular complexity index is 652. The zero-order valence-electron chi connectivity index (χ0n) is 11.4. The summed E-state index contributed by atoms with van der Waals surface area (Å²) in [5, 5.41) is 11.6. The molecule has 3 heterocycles. The van der Waals surface area contributed by atoms with Gasteiger partial charge in [-0.3, -0.25) is 9.59 Å². The van der Waals surface area contributed by atoms with E-state index in [1.165, 1.54) is 11.3 Å². The van der Waals surface area contributed by atoms with E-state index in [-0.39, 0.29) is 24.2 Å². The maximum absolute atomic E-state index is 12.1. The van der Waals surface area contributed by atoms with E-state index in [1.807, 2.05) is 13.0 Å². The minimum absolute atomic E-state index is 0.0417. The van der Waals surface area contributed by atoms with Crippen LogP contribution in [0.1, 0.15) is 17.2 Å². The molecule has 1 unspecified atom stereocenters. The van der Waals surface area contributed by atoms with Gasteiger partial charge in [-0.05, 0) is 19.1 Å². The second-order valence-corrected chi connectivity index (χ2v) is 6.05. The smallest absolute Gasteiger partial charge is 0.231 e. The van der Waals surface area contributed by atoms with Crippen molar-refractivity contribution in [2.45, 2.75) is 19.9 Å². The maximum atomic E-state index is 12.1. The van der Waals surface area contributed by atoms with Gasteiger partial charge in [0.2, 0.25) is 16.9 Å². The molecule has 0 spiro atoms. The van der Waals surface area contributed by atoms with Crippen molar-refractivity contribution in [3.8, 4) is 0 Å². The Morgan fingerprint density at radius 3 is 3.10 bits per heavy atom. The van der Waals surface area contributed by atoms with E-state index in [1.54, 1.807) is 17.2 Å². The molecule has 0 saturated carbocycles. The lowest BCUT2D eigenvalue weighted by molar-refractivity contribution is -0.128. The Hall–Kier alpha value is -2.22. The molecule has 2 aromatic rings. The van der Waals surface area contributed by atoms with Crippen LogP contribution in [0.2, 0.25) is 0 Å². The molecule has 2 amide bonds. The van der Waals surface area contributed by atoms with Crippen molar-refractivity contribution >= 4 is 28.3 Å². The van der Waals surface area contributed by atoms with Crippen molar-refractivity contribution in [1.29, 1.82) is 0 Å². The van der Waals surface area contributed by atoms with Gasteiger partial charge in [0.15, 0.2) is 0 Å². The molecule has 1 fully saturated rings. The molecule has 1 atom stereocenters. The van der Waals surface area contributed by atoms with E-state index >= 15 is 0 Å². The van der Waals surface area contributed by atoms with E-state index in [0.29, 0.717) is 24.0 Å². The summed E-state index contributed by atoms with van der Waals surface area (Å²) >= 11 is 1.31. The van der Waals surface area contributed by atoms with Crippen LogP contribution in [0.3, 0.4) is 0 Å². The van der Waals surface area contributed by atoms with E-state index in [0.717, 1.165) is 5.01 Å². The zero-order chi connectivity index (χ0) is 14.8. The van der Waals surface area contributed by atoms with Gasteiger partial charge in [0.05, 0.1) is 18.7 Å². The third kappa shape index (κ3) is 3.10. The van der Waals surface area contributed by atoms with E-state index in [9.17, 15) is 9.59 Å². The molecule has 1 aliphatic rings. The average Bonchev–Trinajstić information content (AvgIpc) is 3.15. The third-order valence-electron chi connectivity index (χ3n) is 3.27. The first-order valence-corrected chi connectivity index (χ1v) is 7.34. The van der Waals surface area contributed by atoms with Crippen molar-refractivity contribution < 1.29 is 14.0 Å². The van der Waals surface area contributed by atoms with E-state index in [4.69, 9.17) is 4.42 Å². The first-order chi connectivity index (χ1) is 10.1. The Morgan fingerprint density at radius 2 is 2.43 bits per heavy atom. The number of likely N-dealkylation sites (tertiary alicyclic amines) is 1. The van der Waals surface area contributed by atoms with Crippen molar-refractivity contribution in [3.05, 3.63) is 29.2 Å². The van der Waals surface area contributed by atoms with Crippen LogP contribution in [0.15, 0.2) is 22.8 Å². The molecular weight excluding hydrogens is 292 g/mol. The van der Waals surface area contributed by atoms with Crippen LogP contribution in [0.5, 0.6) is 0 Å². The normalized spacial score (nSPS) is 18.2. The van der Waals surface area contributed by atoms with Gasteiger partial charge in [-0.25, -0.2) is 0 Å². The monoisotopic (exact) mass is 306 g/mol. The number of aryl methyl sites for hydroxylation is 1. The molecule has 1 aliphatic heterocycles. The number of nitrogens with zero attached hydrogens (tertiary/aromatic N) is 3. The van der Waals surface area contributed by atoms with Crippen LogP contribution in [0.4, 0.5) is 5.13 Å². The highest BCUT2D eigenvalue weighted by molar-refractivity contribution is 7.15. The van der Waals surface area contributed by atoms with Gasteiger partial charge >= 0.3 is 0 Å². The van der Waals surface area contributed by atoms with Gasteiger partial charge in [-0.1, -0.05) is 11.3 Å². The standard InChI is InChI=1S/C13H14N4O3S/c1-8-15-16-13(21-8)14-12(19)9-5-11(18)17(6-9)7-10-3-2-4-20-10/h2-4,9H,5-7H2,1H3,(H,14,16,19). The highest BCUT2D eigenvalue weighted by Gasteiger charge is 2.34. The van der Waals surface area contributed by atoms with Crippen LogP contribution < -0.4 is 5.32 Å². The lowest BCUT2D eigenvalue weighted by Gasteiger charge is -2.14. The Labute approximate surface area is 125 Å². The van der Waals surface area contributed by atoms with E-state index < -0.39 is 0 Å². The summed E-state index contributed by atoms with van der Waals surface area (Å²) in [6, 6.07) is 3.59. The summed E-state index contributed by atoms with van der Waals surface area (Å²) in [6.45, 7) is 2.61. The van der Waals surface area contributed by atoms with Crippen LogP contribution in [0.25, 0.3) is 0 Å². The van der Waals surface area contributed by atoms with Crippen molar-refractivity contribution in [1.82, 2.24) is 15.1 Å². The Kier molecular flexibility index (Phi) is 3.70. The fourth-order valence-electron chi connectivity index (χ4n) is 2.25. The number of amides is 2. The zero-order valence-corrected chi connectivity index (χ0v) is 12.2. The second-order valence-electron chi connectivity index (χ2n) is 4.87. The van der Waals surface area contributed by atoms with Crippen molar-refractivity contribution in [2.24, 2.45) is 5.92 Å². The molecule has 1 N–H and O–H groups in total.